The van der Waals surface area contributed by atoms with E-state index in [2.05, 4.69) is 0 Å². The van der Waals surface area contributed by atoms with Crippen LogP contribution in [-0.2, 0) is 4.74 Å². The predicted octanol–water partition coefficient (Wildman–Crippen LogP) is 4.04. The number of hydrogen-bond donors (Lipinski definition) is 1. The van der Waals surface area contributed by atoms with Crippen LogP contribution < -0.4 is 4.74 Å². The van der Waals surface area contributed by atoms with Crippen LogP contribution in [-0.4, -0.2) is 35.0 Å². The maximum atomic E-state index is 12.3. The topological polar surface area (TPSA) is 72.8 Å². The molecule has 0 unspecified atom stereocenters. The molecule has 5 nitrogen and oxygen atoms in total. The number of carbonyl (C=O) groups excluding carboxylic acids is 2. The maximum absolute atomic E-state index is 12.3. The normalized spacial score (nSPS) is 11.9. The molecule has 0 radical (unpaired) electrons. The van der Waals surface area contributed by atoms with E-state index in [4.69, 9.17) is 9.47 Å². The van der Waals surface area contributed by atoms with Gasteiger partial charge in [-0.2, -0.15) is 0 Å². The van der Waals surface area contributed by atoms with E-state index in [1.165, 1.54) is 21.0 Å². The molecule has 0 aliphatic heterocycles. The summed E-state index contributed by atoms with van der Waals surface area (Å²) in [6, 6.07) is 13.3. The highest BCUT2D eigenvalue weighted by molar-refractivity contribution is 6.02. The number of ketones is 2. The van der Waals surface area contributed by atoms with Crippen molar-refractivity contribution in [3.8, 4) is 11.5 Å². The molecule has 0 bridgehead atoms. The fourth-order valence-electron chi connectivity index (χ4n) is 2.28. The lowest BCUT2D eigenvalue weighted by molar-refractivity contribution is 0.0228. The van der Waals surface area contributed by atoms with Gasteiger partial charge in [-0.3, -0.25) is 9.59 Å². The van der Waals surface area contributed by atoms with Crippen molar-refractivity contribution in [1.29, 1.82) is 0 Å². The first kappa shape index (κ1) is 19.8. The van der Waals surface area contributed by atoms with Crippen LogP contribution in [0.4, 0.5) is 0 Å². The summed E-state index contributed by atoms with van der Waals surface area (Å²) in [5, 5.41) is 9.77. The van der Waals surface area contributed by atoms with Gasteiger partial charge in [-0.05, 0) is 76.2 Å². The lowest BCUT2D eigenvalue weighted by atomic mass is 9.96. The molecule has 0 atom stereocenters. The van der Waals surface area contributed by atoms with Gasteiger partial charge in [-0.1, -0.05) is 0 Å². The van der Waals surface area contributed by atoms with Gasteiger partial charge in [-0.25, -0.2) is 0 Å². The molecule has 2 aromatic rings. The van der Waals surface area contributed by atoms with Gasteiger partial charge in [0.15, 0.2) is 11.6 Å². The number of Topliss-reactive ketones (excluding diaryl/α,β-unsaturated/α-hetero) is 2. The van der Waals surface area contributed by atoms with Crippen molar-refractivity contribution in [3.63, 3.8) is 0 Å². The lowest BCUT2D eigenvalue weighted by Gasteiger charge is -2.21. The van der Waals surface area contributed by atoms with E-state index in [1.807, 2.05) is 0 Å². The van der Waals surface area contributed by atoms with Crippen molar-refractivity contribution in [3.05, 3.63) is 59.7 Å². The van der Waals surface area contributed by atoms with Crippen molar-refractivity contribution in [2.45, 2.75) is 38.9 Å². The second-order valence-electron chi connectivity index (χ2n) is 7.08. The molecular formula is C21H24O5. The van der Waals surface area contributed by atoms with Crippen molar-refractivity contribution >= 4 is 11.6 Å². The van der Waals surface area contributed by atoms with Crippen LogP contribution in [0.1, 0.15) is 48.4 Å². The first-order valence-corrected chi connectivity index (χ1v) is 8.30. The molecule has 0 saturated heterocycles. The van der Waals surface area contributed by atoms with Gasteiger partial charge >= 0.3 is 0 Å². The van der Waals surface area contributed by atoms with Gasteiger partial charge in [0.1, 0.15) is 22.7 Å². The Balaban J connectivity index is 2.10. The number of carbonyl (C=O) groups is 2. The zero-order valence-corrected chi connectivity index (χ0v) is 15.7. The van der Waals surface area contributed by atoms with Gasteiger partial charge in [0.2, 0.25) is 0 Å². The third-order valence-corrected chi connectivity index (χ3v) is 4.08. The molecule has 26 heavy (non-hydrogen) atoms. The van der Waals surface area contributed by atoms with Crippen molar-refractivity contribution in [2.75, 3.05) is 7.11 Å². The molecule has 5 heteroatoms. The summed E-state index contributed by atoms with van der Waals surface area (Å²) in [7, 11) is 1.50. The minimum absolute atomic E-state index is 0.110. The van der Waals surface area contributed by atoms with Gasteiger partial charge in [0.05, 0.1) is 0 Å². The molecule has 0 amide bonds. The van der Waals surface area contributed by atoms with Gasteiger partial charge in [0.25, 0.3) is 0 Å². The fourth-order valence-corrected chi connectivity index (χ4v) is 2.28. The summed E-state index contributed by atoms with van der Waals surface area (Å²) in [4.78, 5) is 24.3. The molecule has 0 fully saturated rings. The minimum Gasteiger partial charge on any atom is -0.457 e. The van der Waals surface area contributed by atoms with Gasteiger partial charge < -0.3 is 14.6 Å². The van der Waals surface area contributed by atoms with Crippen LogP contribution in [0.15, 0.2) is 48.5 Å². The van der Waals surface area contributed by atoms with E-state index in [0.717, 1.165) is 0 Å². The lowest BCUT2D eigenvalue weighted by Crippen LogP contribution is -2.33. The smallest absolute Gasteiger partial charge is 0.194 e. The Bertz CT molecular complexity index is 781. The zero-order chi connectivity index (χ0) is 19.5. The van der Waals surface area contributed by atoms with Gasteiger partial charge in [-0.15, -0.1) is 0 Å². The molecule has 0 aromatic heterocycles. The highest BCUT2D eigenvalue weighted by atomic mass is 16.5. The number of hydrogen-bond acceptors (Lipinski definition) is 5. The second-order valence-corrected chi connectivity index (χ2v) is 7.08. The highest BCUT2D eigenvalue weighted by Crippen LogP contribution is 2.25. The quantitative estimate of drug-likeness (QED) is 0.758. The second kappa shape index (κ2) is 7.40. The van der Waals surface area contributed by atoms with Crippen LogP contribution in [0.5, 0.6) is 11.5 Å². The van der Waals surface area contributed by atoms with E-state index < -0.39 is 11.2 Å². The Morgan fingerprint density at radius 3 is 1.50 bits per heavy atom. The average molecular weight is 356 g/mol. The van der Waals surface area contributed by atoms with E-state index in [-0.39, 0.29) is 11.6 Å². The molecule has 2 rings (SSSR count). The first-order valence-electron chi connectivity index (χ1n) is 8.30. The van der Waals surface area contributed by atoms with E-state index in [0.29, 0.717) is 22.6 Å². The van der Waals surface area contributed by atoms with Crippen LogP contribution in [0.2, 0.25) is 0 Å². The summed E-state index contributed by atoms with van der Waals surface area (Å²) in [5.41, 5.74) is -1.35. The van der Waals surface area contributed by atoms with Crippen molar-refractivity contribution < 1.29 is 24.2 Å². The SMILES string of the molecule is COC(C)(C)C(=O)c1ccc(Oc2ccc(C(=O)C(C)(C)O)cc2)cc1. The van der Waals surface area contributed by atoms with E-state index in [9.17, 15) is 14.7 Å². The largest absolute Gasteiger partial charge is 0.457 e. The Morgan fingerprint density at radius 1 is 0.769 bits per heavy atom. The highest BCUT2D eigenvalue weighted by Gasteiger charge is 2.28. The molecule has 1 N–H and O–H groups in total. The number of rotatable bonds is 7. The first-order chi connectivity index (χ1) is 12.0. The Morgan fingerprint density at radius 2 is 1.15 bits per heavy atom. The Kier molecular flexibility index (Phi) is 5.64. The summed E-state index contributed by atoms with van der Waals surface area (Å²) in [5.74, 6) is 0.653. The van der Waals surface area contributed by atoms with Gasteiger partial charge in [0, 0.05) is 18.2 Å². The number of ether oxygens (including phenoxy) is 2. The monoisotopic (exact) mass is 356 g/mol. The summed E-state index contributed by atoms with van der Waals surface area (Å²) in [6.07, 6.45) is 0. The van der Waals surface area contributed by atoms with Crippen LogP contribution in [0.25, 0.3) is 0 Å². The maximum Gasteiger partial charge on any atom is 0.194 e. The molecule has 0 aliphatic carbocycles. The van der Waals surface area contributed by atoms with Crippen LogP contribution in [0.3, 0.4) is 0 Å². The molecule has 0 saturated carbocycles. The molecule has 138 valence electrons. The van der Waals surface area contributed by atoms with Crippen LogP contribution in [0, 0.1) is 0 Å². The molecule has 0 heterocycles. The zero-order valence-electron chi connectivity index (χ0n) is 15.7. The molecular weight excluding hydrogens is 332 g/mol. The van der Waals surface area contributed by atoms with E-state index in [1.54, 1.807) is 62.4 Å². The molecule has 0 spiro atoms. The van der Waals surface area contributed by atoms with E-state index >= 15 is 0 Å². The van der Waals surface area contributed by atoms with Crippen molar-refractivity contribution in [1.82, 2.24) is 0 Å². The third kappa shape index (κ3) is 4.56. The Hall–Kier alpha value is -2.50. The summed E-state index contributed by atoms with van der Waals surface area (Å²) in [6.45, 7) is 6.34. The molecule has 0 aliphatic rings. The molecule has 2 aromatic carbocycles. The fraction of sp³-hybridized carbons (Fsp3) is 0.333. The minimum atomic E-state index is -1.42. The number of aliphatic hydroxyl groups is 1. The average Bonchev–Trinajstić information content (AvgIpc) is 2.61. The van der Waals surface area contributed by atoms with Crippen molar-refractivity contribution in [2.24, 2.45) is 0 Å². The summed E-state index contributed by atoms with van der Waals surface area (Å²) >= 11 is 0. The number of methoxy groups -OCH3 is 1. The summed E-state index contributed by atoms with van der Waals surface area (Å²) < 4.78 is 10.9. The Labute approximate surface area is 153 Å². The third-order valence-electron chi connectivity index (χ3n) is 4.08. The number of benzene rings is 2. The standard InChI is InChI=1S/C21H24O5/c1-20(2,24)18(22)14-6-10-16(11-7-14)26-17-12-8-15(9-13-17)19(23)21(3,4)25-5/h6-13,24H,1-5H3. The predicted molar refractivity (Wildman–Crippen MR) is 99.0 cm³/mol. The van der Waals surface area contributed by atoms with Crippen LogP contribution >= 0.6 is 0 Å².